The number of hydrogen-bond donors (Lipinski definition) is 1. The van der Waals surface area contributed by atoms with E-state index in [-0.39, 0.29) is 0 Å². The first-order valence-electron chi connectivity index (χ1n) is 3.24. The fourth-order valence-corrected chi connectivity index (χ4v) is 1.31. The van der Waals surface area contributed by atoms with Crippen LogP contribution in [-0.2, 0) is 0 Å². The molecule has 62 valence electrons. The Morgan fingerprint density at radius 2 is 2.17 bits per heavy atom. The molecular formula is C8H6BrFN2. The molecule has 0 saturated carbocycles. The number of nitrogens with zero attached hydrogens (tertiary/aromatic N) is 1. The van der Waals surface area contributed by atoms with Crippen LogP contribution in [0.4, 0.5) is 4.39 Å². The highest BCUT2D eigenvalue weighted by atomic mass is 79.9. The van der Waals surface area contributed by atoms with Crippen LogP contribution in [-0.4, -0.2) is 0 Å². The summed E-state index contributed by atoms with van der Waals surface area (Å²) >= 11 is 3.11. The SMILES string of the molecule is N#CC(N)c1cc(F)cc(Br)c1. The molecule has 4 heteroatoms. The number of nitriles is 1. The minimum Gasteiger partial charge on any atom is -0.312 e. The van der Waals surface area contributed by atoms with E-state index in [0.717, 1.165) is 0 Å². The third-order valence-corrected chi connectivity index (χ3v) is 1.84. The Balaban J connectivity index is 3.10. The van der Waals surface area contributed by atoms with Crippen molar-refractivity contribution in [1.82, 2.24) is 0 Å². The summed E-state index contributed by atoms with van der Waals surface area (Å²) < 4.78 is 13.3. The van der Waals surface area contributed by atoms with Gasteiger partial charge in [-0.3, -0.25) is 0 Å². The van der Waals surface area contributed by atoms with Crippen molar-refractivity contribution in [3.8, 4) is 6.07 Å². The molecule has 0 heterocycles. The third-order valence-electron chi connectivity index (χ3n) is 1.38. The van der Waals surface area contributed by atoms with E-state index < -0.39 is 11.9 Å². The highest BCUT2D eigenvalue weighted by Crippen LogP contribution is 2.18. The minimum atomic E-state index is -0.767. The van der Waals surface area contributed by atoms with Crippen molar-refractivity contribution in [2.24, 2.45) is 5.73 Å². The zero-order valence-corrected chi connectivity index (χ0v) is 7.68. The number of rotatable bonds is 1. The molecule has 2 N–H and O–H groups in total. The van der Waals surface area contributed by atoms with E-state index in [2.05, 4.69) is 15.9 Å². The Hall–Kier alpha value is -0.920. The molecule has 1 aromatic carbocycles. The van der Waals surface area contributed by atoms with Crippen LogP contribution in [0.2, 0.25) is 0 Å². The first-order valence-corrected chi connectivity index (χ1v) is 4.04. The molecule has 0 aliphatic rings. The summed E-state index contributed by atoms with van der Waals surface area (Å²) in [6.45, 7) is 0. The number of hydrogen-bond acceptors (Lipinski definition) is 2. The Bertz CT molecular complexity index is 312. The zero-order valence-electron chi connectivity index (χ0n) is 6.09. The molecule has 1 aromatic rings. The molecule has 12 heavy (non-hydrogen) atoms. The summed E-state index contributed by atoms with van der Waals surface area (Å²) in [5.74, 6) is -0.398. The summed E-state index contributed by atoms with van der Waals surface area (Å²) in [6.07, 6.45) is 0. The van der Waals surface area contributed by atoms with E-state index in [4.69, 9.17) is 11.0 Å². The maximum Gasteiger partial charge on any atom is 0.124 e. The summed E-state index contributed by atoms with van der Waals surface area (Å²) in [5, 5.41) is 8.46. The third kappa shape index (κ3) is 2.03. The Labute approximate surface area is 77.9 Å². The van der Waals surface area contributed by atoms with E-state index in [0.29, 0.717) is 10.0 Å². The standard InChI is InChI=1S/C8H6BrFN2/c9-6-1-5(8(12)4-11)2-7(10)3-6/h1-3,8H,12H2. The van der Waals surface area contributed by atoms with Gasteiger partial charge in [0.2, 0.25) is 0 Å². The second-order valence-corrected chi connectivity index (χ2v) is 3.23. The van der Waals surface area contributed by atoms with Crippen LogP contribution in [0.25, 0.3) is 0 Å². The largest absolute Gasteiger partial charge is 0.312 e. The lowest BCUT2D eigenvalue weighted by molar-refractivity contribution is 0.623. The zero-order chi connectivity index (χ0) is 9.14. The first-order chi connectivity index (χ1) is 5.63. The van der Waals surface area contributed by atoms with Crippen molar-refractivity contribution in [3.63, 3.8) is 0 Å². The maximum atomic E-state index is 12.7. The molecule has 2 nitrogen and oxygen atoms in total. The average Bonchev–Trinajstić information content (AvgIpc) is 2.01. The van der Waals surface area contributed by atoms with Gasteiger partial charge in [-0.2, -0.15) is 5.26 Å². The smallest absolute Gasteiger partial charge is 0.124 e. The van der Waals surface area contributed by atoms with Gasteiger partial charge < -0.3 is 5.73 Å². The highest BCUT2D eigenvalue weighted by molar-refractivity contribution is 9.10. The van der Waals surface area contributed by atoms with Crippen LogP contribution in [0, 0.1) is 17.1 Å². The number of nitrogens with two attached hydrogens (primary N) is 1. The fourth-order valence-electron chi connectivity index (χ4n) is 0.829. The number of benzene rings is 1. The average molecular weight is 229 g/mol. The minimum absolute atomic E-state index is 0.398. The molecule has 0 radical (unpaired) electrons. The van der Waals surface area contributed by atoms with Crippen molar-refractivity contribution >= 4 is 15.9 Å². The highest BCUT2D eigenvalue weighted by Gasteiger charge is 2.06. The lowest BCUT2D eigenvalue weighted by Crippen LogP contribution is -2.07. The summed E-state index contributed by atoms with van der Waals surface area (Å²) in [5.41, 5.74) is 5.86. The van der Waals surface area contributed by atoms with Crippen molar-refractivity contribution < 1.29 is 4.39 Å². The second kappa shape index (κ2) is 3.65. The van der Waals surface area contributed by atoms with Crippen molar-refractivity contribution in [2.75, 3.05) is 0 Å². The van der Waals surface area contributed by atoms with Gasteiger partial charge in [-0.15, -0.1) is 0 Å². The van der Waals surface area contributed by atoms with Gasteiger partial charge in [0.15, 0.2) is 0 Å². The van der Waals surface area contributed by atoms with Crippen LogP contribution in [0.1, 0.15) is 11.6 Å². The lowest BCUT2D eigenvalue weighted by atomic mass is 10.1. The van der Waals surface area contributed by atoms with Crippen LogP contribution in [0.3, 0.4) is 0 Å². The van der Waals surface area contributed by atoms with Crippen LogP contribution in [0.5, 0.6) is 0 Å². The van der Waals surface area contributed by atoms with Crippen LogP contribution >= 0.6 is 15.9 Å². The maximum absolute atomic E-state index is 12.7. The van der Waals surface area contributed by atoms with E-state index in [1.807, 2.05) is 6.07 Å². The molecule has 0 aromatic heterocycles. The first kappa shape index (κ1) is 9.17. The Morgan fingerprint density at radius 3 is 2.67 bits per heavy atom. The normalized spacial score (nSPS) is 12.2. The van der Waals surface area contributed by atoms with Gasteiger partial charge in [0.05, 0.1) is 6.07 Å². The summed E-state index contributed by atoms with van der Waals surface area (Å²) in [4.78, 5) is 0. The van der Waals surface area contributed by atoms with Gasteiger partial charge in [-0.1, -0.05) is 15.9 Å². The van der Waals surface area contributed by atoms with Gasteiger partial charge in [-0.25, -0.2) is 4.39 Å². The van der Waals surface area contributed by atoms with Gasteiger partial charge in [0.25, 0.3) is 0 Å². The monoisotopic (exact) mass is 228 g/mol. The Morgan fingerprint density at radius 1 is 1.50 bits per heavy atom. The second-order valence-electron chi connectivity index (χ2n) is 2.31. The quantitative estimate of drug-likeness (QED) is 0.801. The Kier molecular flexibility index (Phi) is 2.79. The van der Waals surface area contributed by atoms with Gasteiger partial charge in [0.1, 0.15) is 11.9 Å². The topological polar surface area (TPSA) is 49.8 Å². The van der Waals surface area contributed by atoms with Crippen molar-refractivity contribution in [2.45, 2.75) is 6.04 Å². The molecule has 1 rings (SSSR count). The molecular weight excluding hydrogens is 223 g/mol. The van der Waals surface area contributed by atoms with E-state index in [1.54, 1.807) is 6.07 Å². The molecule has 0 spiro atoms. The lowest BCUT2D eigenvalue weighted by Gasteiger charge is -2.03. The van der Waals surface area contributed by atoms with Crippen LogP contribution in [0.15, 0.2) is 22.7 Å². The van der Waals surface area contributed by atoms with E-state index in [9.17, 15) is 4.39 Å². The fraction of sp³-hybridized carbons (Fsp3) is 0.125. The van der Waals surface area contributed by atoms with Crippen LogP contribution < -0.4 is 5.73 Å². The predicted molar refractivity (Wildman–Crippen MR) is 46.6 cm³/mol. The molecule has 1 unspecified atom stereocenters. The van der Waals surface area contributed by atoms with Gasteiger partial charge in [-0.05, 0) is 23.8 Å². The van der Waals surface area contributed by atoms with Gasteiger partial charge in [0, 0.05) is 4.47 Å². The molecule has 1 atom stereocenters. The molecule has 0 amide bonds. The number of halogens is 2. The van der Waals surface area contributed by atoms with Crippen molar-refractivity contribution in [1.29, 1.82) is 5.26 Å². The van der Waals surface area contributed by atoms with E-state index in [1.165, 1.54) is 12.1 Å². The van der Waals surface area contributed by atoms with Crippen molar-refractivity contribution in [3.05, 3.63) is 34.1 Å². The predicted octanol–water partition coefficient (Wildman–Crippen LogP) is 2.11. The molecule has 0 fully saturated rings. The van der Waals surface area contributed by atoms with Gasteiger partial charge >= 0.3 is 0 Å². The van der Waals surface area contributed by atoms with E-state index >= 15 is 0 Å². The molecule has 0 saturated heterocycles. The molecule has 0 bridgehead atoms. The summed E-state index contributed by atoms with van der Waals surface area (Å²) in [6, 6.07) is 5.24. The molecule has 0 aliphatic heterocycles. The summed E-state index contributed by atoms with van der Waals surface area (Å²) in [7, 11) is 0. The molecule has 0 aliphatic carbocycles.